The van der Waals surface area contributed by atoms with Crippen LogP contribution < -0.4 is 0 Å². The van der Waals surface area contributed by atoms with Crippen molar-refractivity contribution < 1.29 is 19.1 Å². The van der Waals surface area contributed by atoms with Crippen molar-refractivity contribution >= 4 is 17.8 Å². The lowest BCUT2D eigenvalue weighted by Gasteiger charge is -2.58. The predicted octanol–water partition coefficient (Wildman–Crippen LogP) is 15.1. The fourth-order valence-electron chi connectivity index (χ4n) is 13.4. The zero-order valence-electron chi connectivity index (χ0n) is 38.7. The quantitative estimate of drug-likeness (QED) is 0.0451. The monoisotopic (exact) mass is 812 g/mol. The number of fused-ring (bicyclic) bond motifs is 6. The van der Waals surface area contributed by atoms with Crippen LogP contribution in [0.15, 0.2) is 29.8 Å². The first-order chi connectivity index (χ1) is 28.5. The third kappa shape index (κ3) is 11.0. The van der Waals surface area contributed by atoms with E-state index in [1.165, 1.54) is 145 Å². The van der Waals surface area contributed by atoms with E-state index in [4.69, 9.17) is 4.74 Å². The largest absolute Gasteiger partial charge is 0.458 e. The first-order valence-electron chi connectivity index (χ1n) is 25.4. The Balaban J connectivity index is 0.913. The van der Waals surface area contributed by atoms with Crippen LogP contribution in [0.3, 0.4) is 0 Å². The molecule has 1 unspecified atom stereocenters. The van der Waals surface area contributed by atoms with Crippen LogP contribution in [0.4, 0.5) is 0 Å². The molecule has 0 saturated heterocycles. The lowest BCUT2D eigenvalue weighted by molar-refractivity contribution is -0.0594. The molecule has 0 N–H and O–H groups in total. The molecule has 0 aromatic heterocycles. The molecule has 1 aromatic carbocycles. The molecule has 5 aliphatic rings. The predicted molar refractivity (Wildman–Crippen MR) is 244 cm³/mol. The number of benzene rings is 1. The Morgan fingerprint density at radius 3 is 2.00 bits per heavy atom. The lowest BCUT2D eigenvalue weighted by Crippen LogP contribution is -2.51. The SMILES string of the molecule is CCCCCCCCCCCCCCCCCCN1C(=O)c2ccc(C(=O)OC3CC[C@@]4(C)C(=CC[C@H]5[C@@H]6CC[C@H]([C@H](C)CCCC(C)C)[C@@]6(C)CC[C@@H]54)C3)cc2C1=O. The van der Waals surface area contributed by atoms with Gasteiger partial charge in [0.05, 0.1) is 16.7 Å². The third-order valence-electron chi connectivity index (χ3n) is 17.0. The molecular weight excluding hydrogens is 727 g/mol. The summed E-state index contributed by atoms with van der Waals surface area (Å²) in [5, 5.41) is 0. The maximum absolute atomic E-state index is 13.6. The maximum atomic E-state index is 13.6. The maximum Gasteiger partial charge on any atom is 0.338 e. The molecule has 8 atom stereocenters. The molecule has 330 valence electrons. The normalized spacial score (nSPS) is 29.2. The number of hydrogen-bond donors (Lipinski definition) is 0. The summed E-state index contributed by atoms with van der Waals surface area (Å²) in [4.78, 5) is 41.6. The van der Waals surface area contributed by atoms with Crippen molar-refractivity contribution in [1.82, 2.24) is 4.90 Å². The van der Waals surface area contributed by atoms with Gasteiger partial charge in [0.25, 0.3) is 11.8 Å². The second kappa shape index (κ2) is 21.6. The second-order valence-electron chi connectivity index (χ2n) is 21.4. The van der Waals surface area contributed by atoms with E-state index in [2.05, 4.69) is 47.6 Å². The van der Waals surface area contributed by atoms with Gasteiger partial charge in [-0.05, 0) is 116 Å². The zero-order valence-corrected chi connectivity index (χ0v) is 38.7. The molecule has 1 aliphatic heterocycles. The summed E-state index contributed by atoms with van der Waals surface area (Å²) >= 11 is 0. The molecule has 0 bridgehead atoms. The van der Waals surface area contributed by atoms with Crippen molar-refractivity contribution in [1.29, 1.82) is 0 Å². The summed E-state index contributed by atoms with van der Waals surface area (Å²) in [5.41, 5.74) is 3.34. The van der Waals surface area contributed by atoms with Crippen molar-refractivity contribution in [2.45, 2.75) is 221 Å². The van der Waals surface area contributed by atoms with Gasteiger partial charge in [0, 0.05) is 13.0 Å². The topological polar surface area (TPSA) is 63.7 Å². The average Bonchev–Trinajstić information content (AvgIpc) is 3.69. The Morgan fingerprint density at radius 1 is 0.729 bits per heavy atom. The van der Waals surface area contributed by atoms with Crippen molar-refractivity contribution in [3.8, 4) is 0 Å². The van der Waals surface area contributed by atoms with Crippen LogP contribution in [-0.4, -0.2) is 35.3 Å². The van der Waals surface area contributed by atoms with Gasteiger partial charge in [-0.2, -0.15) is 0 Å². The van der Waals surface area contributed by atoms with E-state index in [1.807, 2.05) is 0 Å². The Bertz CT molecular complexity index is 1580. The third-order valence-corrected chi connectivity index (χ3v) is 17.0. The van der Waals surface area contributed by atoms with Gasteiger partial charge in [-0.3, -0.25) is 14.5 Å². The summed E-state index contributed by atoms with van der Waals surface area (Å²) in [5.74, 6) is 3.97. The van der Waals surface area contributed by atoms with E-state index in [1.54, 1.807) is 18.2 Å². The molecule has 0 spiro atoms. The van der Waals surface area contributed by atoms with Gasteiger partial charge in [-0.15, -0.1) is 0 Å². The van der Waals surface area contributed by atoms with Gasteiger partial charge >= 0.3 is 5.97 Å². The minimum Gasteiger partial charge on any atom is -0.458 e. The molecule has 4 aliphatic carbocycles. The number of carbonyl (C=O) groups excluding carboxylic acids is 3. The summed E-state index contributed by atoms with van der Waals surface area (Å²) < 4.78 is 6.20. The van der Waals surface area contributed by atoms with E-state index in [0.29, 0.717) is 28.7 Å². The number of rotatable bonds is 24. The molecule has 5 nitrogen and oxygen atoms in total. The highest BCUT2D eigenvalue weighted by molar-refractivity contribution is 6.22. The van der Waals surface area contributed by atoms with E-state index in [0.717, 1.165) is 74.0 Å². The number of unbranched alkanes of at least 4 members (excludes halogenated alkanes) is 15. The van der Waals surface area contributed by atoms with Gasteiger partial charge < -0.3 is 4.74 Å². The lowest BCUT2D eigenvalue weighted by atomic mass is 9.47. The van der Waals surface area contributed by atoms with E-state index in [9.17, 15) is 14.4 Å². The fourth-order valence-corrected chi connectivity index (χ4v) is 13.4. The molecule has 6 rings (SSSR count). The van der Waals surface area contributed by atoms with Crippen LogP contribution in [0.1, 0.15) is 246 Å². The highest BCUT2D eigenvalue weighted by Gasteiger charge is 2.59. The van der Waals surface area contributed by atoms with Crippen molar-refractivity contribution in [2.24, 2.45) is 46.3 Å². The molecular formula is C54H85NO4. The average molecular weight is 812 g/mol. The molecule has 1 aromatic rings. The van der Waals surface area contributed by atoms with Crippen molar-refractivity contribution in [3.63, 3.8) is 0 Å². The first kappa shape index (κ1) is 46.1. The molecule has 59 heavy (non-hydrogen) atoms. The van der Waals surface area contributed by atoms with Gasteiger partial charge in [0.1, 0.15) is 6.10 Å². The van der Waals surface area contributed by atoms with Crippen LogP contribution in [0.5, 0.6) is 0 Å². The highest BCUT2D eigenvalue weighted by Crippen LogP contribution is 2.67. The van der Waals surface area contributed by atoms with E-state index >= 15 is 0 Å². The molecule has 5 heteroatoms. The number of esters is 1. The number of hydrogen-bond acceptors (Lipinski definition) is 4. The minimum atomic E-state index is -0.375. The Hall–Kier alpha value is -2.43. The number of allylic oxidation sites excluding steroid dienone is 1. The summed E-state index contributed by atoms with van der Waals surface area (Å²) in [6, 6.07) is 4.96. The van der Waals surface area contributed by atoms with E-state index < -0.39 is 0 Å². The van der Waals surface area contributed by atoms with Gasteiger partial charge in [0.15, 0.2) is 0 Å². The fraction of sp³-hybridized carbons (Fsp3) is 0.796. The van der Waals surface area contributed by atoms with Crippen LogP contribution >= 0.6 is 0 Å². The van der Waals surface area contributed by atoms with Crippen LogP contribution in [0.2, 0.25) is 0 Å². The molecule has 1 heterocycles. The molecule has 2 amide bonds. The van der Waals surface area contributed by atoms with Crippen LogP contribution in [-0.2, 0) is 4.74 Å². The van der Waals surface area contributed by atoms with Gasteiger partial charge in [-0.25, -0.2) is 4.79 Å². The number of carbonyl (C=O) groups is 3. The number of imide groups is 1. The summed E-state index contributed by atoms with van der Waals surface area (Å²) in [6.45, 7) is 15.2. The Kier molecular flexibility index (Phi) is 16.9. The molecule has 3 fully saturated rings. The highest BCUT2D eigenvalue weighted by atomic mass is 16.5. The van der Waals surface area contributed by atoms with Crippen LogP contribution in [0.25, 0.3) is 0 Å². The number of ether oxygens (including phenoxy) is 1. The summed E-state index contributed by atoms with van der Waals surface area (Å²) in [6.07, 6.45) is 36.7. The second-order valence-corrected chi connectivity index (χ2v) is 21.4. The minimum absolute atomic E-state index is 0.147. The summed E-state index contributed by atoms with van der Waals surface area (Å²) in [7, 11) is 0. The van der Waals surface area contributed by atoms with Gasteiger partial charge in [0.2, 0.25) is 0 Å². The van der Waals surface area contributed by atoms with Gasteiger partial charge in [-0.1, -0.05) is 169 Å². The number of amides is 2. The Labute approximate surface area is 361 Å². The zero-order chi connectivity index (χ0) is 42.0. The van der Waals surface area contributed by atoms with E-state index in [-0.39, 0.29) is 29.3 Å². The molecule has 0 radical (unpaired) electrons. The van der Waals surface area contributed by atoms with Crippen molar-refractivity contribution in [3.05, 3.63) is 46.5 Å². The molecule has 3 saturated carbocycles. The number of nitrogens with zero attached hydrogens (tertiary/aromatic N) is 1. The Morgan fingerprint density at radius 2 is 1.36 bits per heavy atom. The van der Waals surface area contributed by atoms with Crippen molar-refractivity contribution in [2.75, 3.05) is 6.54 Å². The standard InChI is InChI=1S/C54H85NO4/c1-7-8-9-10-11-12-13-14-15-16-17-18-19-20-21-22-36-55-50(56)44-28-26-41(37-46(44)51(55)57)52(58)59-43-32-34-53(5)42(38-43)27-29-45-48-31-30-47(40(4)25-23-24-39(2)3)54(48,6)35-33-49(45)53/h26-28,37,39-40,43,45,47-49H,7-25,29-36,38H2,1-6H3/t40-,43?,45+,47-,48+,49+,53+,54-/m1/s1. The van der Waals surface area contributed by atoms with Crippen LogP contribution in [0, 0.1) is 46.3 Å². The smallest absolute Gasteiger partial charge is 0.338 e. The first-order valence-corrected chi connectivity index (χ1v) is 25.4.